The Bertz CT molecular complexity index is 437. The van der Waals surface area contributed by atoms with Crippen LogP contribution < -0.4 is 0 Å². The van der Waals surface area contributed by atoms with Crippen molar-refractivity contribution in [1.29, 1.82) is 0 Å². The van der Waals surface area contributed by atoms with Crippen LogP contribution in [0.15, 0.2) is 18.3 Å². The minimum atomic E-state index is -4.59. The van der Waals surface area contributed by atoms with Gasteiger partial charge in [0.05, 0.1) is 0 Å². The Kier molecular flexibility index (Phi) is 1.63. The zero-order valence-corrected chi connectivity index (χ0v) is 6.65. The number of fused-ring (bicyclic) bond motifs is 1. The van der Waals surface area contributed by atoms with Crippen molar-refractivity contribution in [2.24, 2.45) is 0 Å². The summed E-state index contributed by atoms with van der Waals surface area (Å²) in [5.74, 6) is -1.46. The van der Waals surface area contributed by atoms with Gasteiger partial charge in [-0.15, -0.1) is 0 Å². The zero-order chi connectivity index (χ0) is 10.3. The third kappa shape index (κ3) is 1.26. The van der Waals surface area contributed by atoms with Gasteiger partial charge in [-0.05, 0) is 12.1 Å². The molecule has 1 N–H and O–H groups in total. The fourth-order valence-corrected chi connectivity index (χ4v) is 1.04. The van der Waals surface area contributed by atoms with Gasteiger partial charge >= 0.3 is 6.18 Å². The third-order valence-corrected chi connectivity index (χ3v) is 1.62. The Balaban J connectivity index is 2.63. The van der Waals surface area contributed by atoms with E-state index in [1.807, 2.05) is 0 Å². The highest BCUT2D eigenvalue weighted by atomic mass is 19.4. The summed E-state index contributed by atoms with van der Waals surface area (Å²) in [5.41, 5.74) is 0.00215. The van der Waals surface area contributed by atoms with Crippen LogP contribution in [0, 0.1) is 0 Å². The number of halogens is 3. The number of imidazole rings is 1. The summed E-state index contributed by atoms with van der Waals surface area (Å²) in [6.45, 7) is 0. The van der Waals surface area contributed by atoms with Gasteiger partial charge in [-0.2, -0.15) is 17.9 Å². The molecule has 0 aromatic carbocycles. The van der Waals surface area contributed by atoms with E-state index < -0.39 is 12.0 Å². The molecule has 7 heteroatoms. The second-order valence-electron chi connectivity index (χ2n) is 2.61. The van der Waals surface area contributed by atoms with Crippen LogP contribution in [0.2, 0.25) is 0 Å². The summed E-state index contributed by atoms with van der Waals surface area (Å²) in [7, 11) is 0. The van der Waals surface area contributed by atoms with Crippen molar-refractivity contribution >= 4 is 0 Å². The van der Waals surface area contributed by atoms with Gasteiger partial charge in [-0.1, -0.05) is 0 Å². The van der Waals surface area contributed by atoms with Crippen molar-refractivity contribution in [3.63, 3.8) is 0 Å². The van der Waals surface area contributed by atoms with Crippen molar-refractivity contribution in [3.8, 4) is 11.5 Å². The van der Waals surface area contributed by atoms with Crippen LogP contribution in [0.4, 0.5) is 13.2 Å². The van der Waals surface area contributed by atoms with Crippen LogP contribution in [-0.2, 0) is 6.18 Å². The molecule has 0 amide bonds. The Morgan fingerprint density at radius 1 is 1.29 bits per heavy atom. The van der Waals surface area contributed by atoms with E-state index in [1.54, 1.807) is 0 Å². The maximum Gasteiger partial charge on any atom is 0.451 e. The van der Waals surface area contributed by atoms with Gasteiger partial charge < -0.3 is 5.21 Å². The number of aromatic nitrogens is 3. The van der Waals surface area contributed by atoms with E-state index in [4.69, 9.17) is 5.21 Å². The Morgan fingerprint density at radius 3 is 2.57 bits per heavy atom. The topological polar surface area (TPSA) is 50.9 Å². The highest BCUT2D eigenvalue weighted by Gasteiger charge is 2.37. The lowest BCUT2D eigenvalue weighted by atomic mass is 10.3. The Morgan fingerprint density at radius 2 is 2.00 bits per heavy atom. The predicted molar refractivity (Wildman–Crippen MR) is 38.8 cm³/mol. The van der Waals surface area contributed by atoms with E-state index in [9.17, 15) is 13.2 Å². The molecule has 0 spiro atoms. The molecule has 0 aromatic heterocycles. The lowest BCUT2D eigenvalue weighted by molar-refractivity contribution is -0.144. The number of alkyl halides is 3. The van der Waals surface area contributed by atoms with E-state index in [1.165, 1.54) is 18.3 Å². The van der Waals surface area contributed by atoms with E-state index in [0.717, 1.165) is 0 Å². The van der Waals surface area contributed by atoms with E-state index in [0.29, 0.717) is 4.73 Å². The summed E-state index contributed by atoms with van der Waals surface area (Å²) < 4.78 is 36.9. The Labute approximate surface area is 75.9 Å². The van der Waals surface area contributed by atoms with E-state index in [2.05, 4.69) is 9.97 Å². The monoisotopic (exact) mass is 203 g/mol. The summed E-state index contributed by atoms with van der Waals surface area (Å²) in [6.07, 6.45) is -3.41. The molecule has 0 unspecified atom stereocenters. The summed E-state index contributed by atoms with van der Waals surface area (Å²) >= 11 is 0. The van der Waals surface area contributed by atoms with Crippen LogP contribution in [0.25, 0.3) is 11.5 Å². The first-order valence-electron chi connectivity index (χ1n) is 3.60. The average Bonchev–Trinajstić information content (AvgIpc) is 2.48. The molecule has 0 saturated carbocycles. The molecular weight excluding hydrogens is 199 g/mol. The molecule has 14 heavy (non-hydrogen) atoms. The molecule has 0 radical (unpaired) electrons. The van der Waals surface area contributed by atoms with E-state index >= 15 is 0 Å². The standard InChI is InChI=1S/C7H4F3N3O/c8-7(9,10)6-11-4-2-1-3-13(14)5(4)12-6/h1-3,14H. The summed E-state index contributed by atoms with van der Waals surface area (Å²) in [6, 6.07) is 2.71. The average molecular weight is 203 g/mol. The van der Waals surface area contributed by atoms with Crippen molar-refractivity contribution < 1.29 is 18.4 Å². The SMILES string of the molecule is On1cccc2nc(C(F)(F)F)nc1-2. The Hall–Kier alpha value is -1.79. The van der Waals surface area contributed by atoms with Crippen LogP contribution in [-0.4, -0.2) is 19.9 Å². The normalized spacial score (nSPS) is 12.2. The lowest BCUT2D eigenvalue weighted by Crippen LogP contribution is -2.07. The van der Waals surface area contributed by atoms with Crippen molar-refractivity contribution in [1.82, 2.24) is 14.7 Å². The van der Waals surface area contributed by atoms with Gasteiger partial charge in [-0.25, -0.2) is 9.97 Å². The zero-order valence-electron chi connectivity index (χ0n) is 6.65. The molecule has 0 fully saturated rings. The molecule has 74 valence electrons. The van der Waals surface area contributed by atoms with Gasteiger partial charge in [-0.3, -0.25) is 0 Å². The predicted octanol–water partition coefficient (Wildman–Crippen LogP) is 1.64. The second-order valence-corrected chi connectivity index (χ2v) is 2.61. The molecule has 0 bridgehead atoms. The lowest BCUT2D eigenvalue weighted by Gasteiger charge is -1.99. The first-order valence-corrected chi connectivity index (χ1v) is 3.60. The maximum atomic E-state index is 12.1. The minimum absolute atomic E-state index is 0.00215. The molecule has 0 aliphatic carbocycles. The van der Waals surface area contributed by atoms with E-state index in [-0.39, 0.29) is 11.5 Å². The van der Waals surface area contributed by atoms with Gasteiger partial charge in [0, 0.05) is 6.20 Å². The second kappa shape index (κ2) is 2.60. The first-order chi connectivity index (χ1) is 6.48. The van der Waals surface area contributed by atoms with Crippen LogP contribution >= 0.6 is 0 Å². The number of hydrogen-bond donors (Lipinski definition) is 1. The number of nitrogens with zero attached hydrogens (tertiary/aromatic N) is 3. The molecule has 4 nitrogen and oxygen atoms in total. The number of pyridine rings is 1. The van der Waals surface area contributed by atoms with Crippen molar-refractivity contribution in [2.75, 3.05) is 0 Å². The van der Waals surface area contributed by atoms with Gasteiger partial charge in [0.15, 0.2) is 5.82 Å². The molecule has 2 rings (SSSR count). The number of rotatable bonds is 0. The maximum absolute atomic E-state index is 12.1. The molecule has 0 saturated heterocycles. The quantitative estimate of drug-likeness (QED) is 0.662. The van der Waals surface area contributed by atoms with Crippen LogP contribution in [0.1, 0.15) is 5.82 Å². The third-order valence-electron chi connectivity index (χ3n) is 1.62. The van der Waals surface area contributed by atoms with Crippen molar-refractivity contribution in [2.45, 2.75) is 6.18 Å². The minimum Gasteiger partial charge on any atom is -0.427 e. The van der Waals surface area contributed by atoms with Gasteiger partial charge in [0.25, 0.3) is 0 Å². The molecular formula is C7H4F3N3O. The van der Waals surface area contributed by atoms with Crippen LogP contribution in [0.3, 0.4) is 0 Å². The highest BCUT2D eigenvalue weighted by Crippen LogP contribution is 2.30. The molecule has 2 aliphatic rings. The van der Waals surface area contributed by atoms with Gasteiger partial charge in [0.2, 0.25) is 5.82 Å². The van der Waals surface area contributed by atoms with Crippen LogP contribution in [0.5, 0.6) is 0 Å². The van der Waals surface area contributed by atoms with Crippen molar-refractivity contribution in [3.05, 3.63) is 24.2 Å². The number of hydrogen-bond acceptors (Lipinski definition) is 3. The molecule has 0 atom stereocenters. The molecule has 2 heterocycles. The molecule has 2 aliphatic heterocycles. The largest absolute Gasteiger partial charge is 0.451 e. The fraction of sp³-hybridized carbons (Fsp3) is 0.143. The summed E-state index contributed by atoms with van der Waals surface area (Å²) in [5, 5.41) is 9.10. The smallest absolute Gasteiger partial charge is 0.427 e. The first kappa shape index (κ1) is 8.79. The van der Waals surface area contributed by atoms with Gasteiger partial charge in [0.1, 0.15) is 5.69 Å². The summed E-state index contributed by atoms with van der Waals surface area (Å²) in [4.78, 5) is 6.39. The fourth-order valence-electron chi connectivity index (χ4n) is 1.04. The highest BCUT2D eigenvalue weighted by molar-refractivity contribution is 5.51. The molecule has 0 aromatic rings.